The molecule has 10 heavy (non-hydrogen) atoms. The van der Waals surface area contributed by atoms with Crippen LogP contribution in [0.15, 0.2) is 4.99 Å². The number of ether oxygens (including phenoxy) is 1. The molecular weight excluding hydrogens is 146 g/mol. The van der Waals surface area contributed by atoms with Crippen LogP contribution in [0.25, 0.3) is 0 Å². The second-order valence-corrected chi connectivity index (χ2v) is 3.30. The van der Waals surface area contributed by atoms with Gasteiger partial charge in [-0.15, -0.1) is 0 Å². The Hall–Kier alpha value is -0.180. The van der Waals surface area contributed by atoms with Gasteiger partial charge in [-0.1, -0.05) is 19.0 Å². The number of thiol groups is 1. The summed E-state index contributed by atoms with van der Waals surface area (Å²) in [6.45, 7) is 0. The Morgan fingerprint density at radius 2 is 2.20 bits per heavy atom. The summed E-state index contributed by atoms with van der Waals surface area (Å²) in [6, 6.07) is 0.432. The lowest BCUT2D eigenvalue weighted by atomic mass is 9.94. The monoisotopic (exact) mass is 157 g/mol. The molecule has 1 heterocycles. The first-order valence-electron chi connectivity index (χ1n) is 3.80. The van der Waals surface area contributed by atoms with Gasteiger partial charge < -0.3 is 4.74 Å². The van der Waals surface area contributed by atoms with Crippen molar-refractivity contribution in [3.05, 3.63) is 0 Å². The Kier molecular flexibility index (Phi) is 1.60. The van der Waals surface area contributed by atoms with Crippen LogP contribution < -0.4 is 0 Å². The number of aliphatic imine (C=N–C) groups is 1. The number of fused-ring (bicyclic) bond motifs is 1. The molecule has 1 fully saturated rings. The molecule has 0 radical (unpaired) electrons. The Balaban J connectivity index is 2.06. The van der Waals surface area contributed by atoms with Gasteiger partial charge in [0.05, 0.1) is 6.04 Å². The quantitative estimate of drug-likeness (QED) is 0.530. The lowest BCUT2D eigenvalue weighted by molar-refractivity contribution is 0.156. The Labute approximate surface area is 66.1 Å². The minimum absolute atomic E-state index is 0.362. The van der Waals surface area contributed by atoms with Gasteiger partial charge >= 0.3 is 0 Å². The molecule has 0 saturated heterocycles. The van der Waals surface area contributed by atoms with Crippen LogP contribution in [0.4, 0.5) is 0 Å². The molecule has 0 N–H and O–H groups in total. The third-order valence-corrected chi connectivity index (χ3v) is 2.42. The molecule has 0 unspecified atom stereocenters. The summed E-state index contributed by atoms with van der Waals surface area (Å²) in [4.78, 5) is 4.27. The van der Waals surface area contributed by atoms with Gasteiger partial charge in [-0.05, 0) is 19.3 Å². The van der Waals surface area contributed by atoms with E-state index < -0.39 is 0 Å². The fourth-order valence-electron chi connectivity index (χ4n) is 1.67. The molecule has 0 aromatic rings. The van der Waals surface area contributed by atoms with Crippen molar-refractivity contribution in [2.24, 2.45) is 4.99 Å². The summed E-state index contributed by atoms with van der Waals surface area (Å²) in [5.41, 5.74) is 0. The van der Waals surface area contributed by atoms with Gasteiger partial charge in [0.15, 0.2) is 0 Å². The molecular formula is C7H11NOS. The van der Waals surface area contributed by atoms with Gasteiger partial charge in [0, 0.05) is 0 Å². The molecule has 0 aromatic carbocycles. The second-order valence-electron chi connectivity index (χ2n) is 2.92. The van der Waals surface area contributed by atoms with Gasteiger partial charge in [-0.3, -0.25) is 0 Å². The molecule has 2 rings (SSSR count). The van der Waals surface area contributed by atoms with Crippen molar-refractivity contribution in [2.75, 3.05) is 0 Å². The Morgan fingerprint density at radius 1 is 1.40 bits per heavy atom. The van der Waals surface area contributed by atoms with Crippen molar-refractivity contribution in [3.63, 3.8) is 0 Å². The van der Waals surface area contributed by atoms with E-state index in [1.54, 1.807) is 0 Å². The van der Waals surface area contributed by atoms with Gasteiger partial charge in [0.2, 0.25) is 5.23 Å². The first-order chi connectivity index (χ1) is 4.86. The first-order valence-corrected chi connectivity index (χ1v) is 4.24. The molecule has 2 atom stereocenters. The zero-order chi connectivity index (χ0) is 6.97. The summed E-state index contributed by atoms with van der Waals surface area (Å²) < 4.78 is 5.38. The minimum Gasteiger partial charge on any atom is -0.468 e. The fraction of sp³-hybridized carbons (Fsp3) is 0.857. The molecule has 0 bridgehead atoms. The lowest BCUT2D eigenvalue weighted by Crippen LogP contribution is -2.25. The van der Waals surface area contributed by atoms with E-state index in [2.05, 4.69) is 17.6 Å². The van der Waals surface area contributed by atoms with Gasteiger partial charge in [-0.25, -0.2) is 4.99 Å². The molecule has 0 amide bonds. The lowest BCUT2D eigenvalue weighted by Gasteiger charge is -2.21. The summed E-state index contributed by atoms with van der Waals surface area (Å²) in [6.07, 6.45) is 5.31. The highest BCUT2D eigenvalue weighted by molar-refractivity contribution is 7.96. The van der Waals surface area contributed by atoms with Crippen molar-refractivity contribution in [1.82, 2.24) is 0 Å². The fourth-order valence-corrected chi connectivity index (χ4v) is 1.95. The van der Waals surface area contributed by atoms with Crippen molar-refractivity contribution in [2.45, 2.75) is 37.8 Å². The molecule has 2 aliphatic rings. The van der Waals surface area contributed by atoms with Crippen molar-refractivity contribution >= 4 is 17.9 Å². The summed E-state index contributed by atoms with van der Waals surface area (Å²) in [5.74, 6) is 0. The molecule has 1 aliphatic carbocycles. The zero-order valence-electron chi connectivity index (χ0n) is 5.79. The third-order valence-electron chi connectivity index (χ3n) is 2.20. The average Bonchev–Trinajstić information content (AvgIpc) is 2.27. The van der Waals surface area contributed by atoms with Crippen LogP contribution in [0.1, 0.15) is 25.7 Å². The van der Waals surface area contributed by atoms with E-state index in [-0.39, 0.29) is 0 Å². The van der Waals surface area contributed by atoms with Crippen LogP contribution in [-0.4, -0.2) is 17.4 Å². The Bertz CT molecular complexity index is 169. The van der Waals surface area contributed by atoms with Crippen LogP contribution >= 0.6 is 12.6 Å². The third kappa shape index (κ3) is 1.03. The van der Waals surface area contributed by atoms with E-state index in [0.717, 1.165) is 6.42 Å². The van der Waals surface area contributed by atoms with Crippen LogP contribution in [0.2, 0.25) is 0 Å². The topological polar surface area (TPSA) is 21.6 Å². The second kappa shape index (κ2) is 2.46. The van der Waals surface area contributed by atoms with E-state index in [1.165, 1.54) is 19.3 Å². The average molecular weight is 157 g/mol. The molecule has 2 nitrogen and oxygen atoms in total. The van der Waals surface area contributed by atoms with Gasteiger partial charge in [0.1, 0.15) is 6.10 Å². The summed E-state index contributed by atoms with van der Waals surface area (Å²) >= 11 is 4.07. The van der Waals surface area contributed by atoms with Crippen LogP contribution in [-0.2, 0) is 4.74 Å². The van der Waals surface area contributed by atoms with Crippen molar-refractivity contribution < 1.29 is 4.74 Å². The van der Waals surface area contributed by atoms with E-state index in [9.17, 15) is 0 Å². The maximum Gasteiger partial charge on any atom is 0.243 e. The predicted octanol–water partition coefficient (Wildman–Crippen LogP) is 1.61. The number of nitrogens with zero attached hydrogens (tertiary/aromatic N) is 1. The highest BCUT2D eigenvalue weighted by Crippen LogP contribution is 2.28. The first kappa shape index (κ1) is 6.53. The molecule has 3 heteroatoms. The maximum atomic E-state index is 5.38. The standard InChI is InChI=1S/C7H11NOS/c10-7-8-5-3-1-2-4-6(5)9-7/h5-6H,1-4H2,(H,8,10)/t5-,6+/m1/s1. The Morgan fingerprint density at radius 3 is 3.00 bits per heavy atom. The molecule has 56 valence electrons. The van der Waals surface area contributed by atoms with E-state index in [1.807, 2.05) is 0 Å². The number of rotatable bonds is 0. The molecule has 0 spiro atoms. The number of hydrogen-bond donors (Lipinski definition) is 1. The van der Waals surface area contributed by atoms with Gasteiger partial charge in [0.25, 0.3) is 0 Å². The smallest absolute Gasteiger partial charge is 0.243 e. The minimum atomic E-state index is 0.362. The van der Waals surface area contributed by atoms with Crippen molar-refractivity contribution in [3.8, 4) is 0 Å². The van der Waals surface area contributed by atoms with Crippen LogP contribution in [0.5, 0.6) is 0 Å². The molecule has 0 aromatic heterocycles. The maximum absolute atomic E-state index is 5.38. The zero-order valence-corrected chi connectivity index (χ0v) is 6.68. The van der Waals surface area contributed by atoms with Gasteiger partial charge in [-0.2, -0.15) is 0 Å². The van der Waals surface area contributed by atoms with Crippen LogP contribution in [0.3, 0.4) is 0 Å². The van der Waals surface area contributed by atoms with Crippen molar-refractivity contribution in [1.29, 1.82) is 0 Å². The van der Waals surface area contributed by atoms with E-state index in [0.29, 0.717) is 17.4 Å². The molecule has 1 saturated carbocycles. The summed E-state index contributed by atoms with van der Waals surface area (Å²) in [5, 5.41) is 0.594. The number of hydrogen-bond acceptors (Lipinski definition) is 2. The van der Waals surface area contributed by atoms with E-state index >= 15 is 0 Å². The van der Waals surface area contributed by atoms with Crippen LogP contribution in [0, 0.1) is 0 Å². The largest absolute Gasteiger partial charge is 0.468 e. The summed E-state index contributed by atoms with van der Waals surface area (Å²) in [7, 11) is 0. The highest BCUT2D eigenvalue weighted by atomic mass is 32.1. The van der Waals surface area contributed by atoms with E-state index in [4.69, 9.17) is 4.74 Å². The normalized spacial score (nSPS) is 38.3. The SMILES string of the molecule is SC1=N[C@@H]2CCCC[C@@H]2O1. The highest BCUT2D eigenvalue weighted by Gasteiger charge is 2.31. The predicted molar refractivity (Wildman–Crippen MR) is 43.6 cm³/mol. The molecule has 1 aliphatic heterocycles.